The molecule has 0 unspecified atom stereocenters. The Hall–Kier alpha value is -3.26. The minimum Gasteiger partial charge on any atom is -0.454 e. The molecule has 1 radical (unpaired) electrons. The molecule has 2 aromatic carbocycles. The van der Waals surface area contributed by atoms with Gasteiger partial charge in [0.05, 0.1) is 12.3 Å². The standard InChI is InChI=1S/C26H26FN2O4S.H2/c1-5-34(31,32)15-17-9-10-22(33-23-8-6-7-18(16(2)3)24(23)27)20(13-17)21-14-29(4)26(30)25-19(21)11-12-28-25;/h6-14,16H,5,15H2,1-4H3;1H. The first-order valence-corrected chi connectivity index (χ1v) is 12.8. The largest absolute Gasteiger partial charge is 0.454 e. The Morgan fingerprint density at radius 1 is 1.15 bits per heavy atom. The number of fused-ring (bicyclic) bond motifs is 1. The summed E-state index contributed by atoms with van der Waals surface area (Å²) in [6.07, 6.45) is 3.39. The summed E-state index contributed by atoms with van der Waals surface area (Å²) < 4.78 is 47.2. The fraction of sp³-hybridized carbons (Fsp3) is 0.269. The predicted molar refractivity (Wildman–Crippen MR) is 133 cm³/mol. The van der Waals surface area contributed by atoms with Crippen molar-refractivity contribution in [3.8, 4) is 22.6 Å². The summed E-state index contributed by atoms with van der Waals surface area (Å²) in [6, 6.07) is 10.0. The van der Waals surface area contributed by atoms with E-state index in [9.17, 15) is 13.2 Å². The summed E-state index contributed by atoms with van der Waals surface area (Å²) in [5, 5.41) is 0.908. The highest BCUT2D eigenvalue weighted by Crippen LogP contribution is 2.36. The number of halogens is 1. The van der Waals surface area contributed by atoms with Gasteiger partial charge in [-0.2, -0.15) is 0 Å². The number of benzene rings is 2. The average Bonchev–Trinajstić information content (AvgIpc) is 3.28. The number of ether oxygens (including phenoxy) is 1. The van der Waals surface area contributed by atoms with Crippen LogP contribution in [-0.2, 0) is 22.6 Å². The van der Waals surface area contributed by atoms with Crippen molar-refractivity contribution < 1.29 is 19.0 Å². The SMILES string of the molecule is CCS(=O)(=O)Cc1ccc(Oc2cccc(C(C)C)c2F)c(-c2cn(C)c(=O)c3c2=C[CH]N=3)c1.[HH]. The summed E-state index contributed by atoms with van der Waals surface area (Å²) in [4.78, 5) is 16.7. The quantitative estimate of drug-likeness (QED) is 0.511. The highest BCUT2D eigenvalue weighted by atomic mass is 32.2. The van der Waals surface area contributed by atoms with Gasteiger partial charge in [-0.15, -0.1) is 0 Å². The number of hydrogen-bond acceptors (Lipinski definition) is 5. The third kappa shape index (κ3) is 4.55. The van der Waals surface area contributed by atoms with Crippen LogP contribution in [0.3, 0.4) is 0 Å². The molecule has 179 valence electrons. The summed E-state index contributed by atoms with van der Waals surface area (Å²) in [5.74, 6) is -0.168. The highest BCUT2D eigenvalue weighted by Gasteiger charge is 2.19. The van der Waals surface area contributed by atoms with Gasteiger partial charge in [-0.1, -0.05) is 39.0 Å². The van der Waals surface area contributed by atoms with Crippen LogP contribution in [0.15, 0.2) is 52.4 Å². The van der Waals surface area contributed by atoms with E-state index in [1.165, 1.54) is 4.57 Å². The van der Waals surface area contributed by atoms with E-state index >= 15 is 4.39 Å². The molecule has 0 fully saturated rings. The van der Waals surface area contributed by atoms with E-state index in [0.717, 1.165) is 0 Å². The predicted octanol–water partition coefficient (Wildman–Crippen LogP) is 3.86. The zero-order valence-corrected chi connectivity index (χ0v) is 20.3. The number of aromatic nitrogens is 1. The molecule has 2 heterocycles. The number of aryl methyl sites for hydroxylation is 1. The molecule has 0 atom stereocenters. The second-order valence-corrected chi connectivity index (χ2v) is 10.9. The molecule has 1 aliphatic heterocycles. The monoisotopic (exact) mass is 483 g/mol. The molecule has 0 spiro atoms. The van der Waals surface area contributed by atoms with E-state index in [4.69, 9.17) is 4.74 Å². The first-order chi connectivity index (χ1) is 16.1. The van der Waals surface area contributed by atoms with Gasteiger partial charge in [0.15, 0.2) is 21.4 Å². The molecule has 0 amide bonds. The Balaban J connectivity index is 0.00000342. The van der Waals surface area contributed by atoms with Crippen molar-refractivity contribution in [2.24, 2.45) is 12.0 Å². The van der Waals surface area contributed by atoms with Crippen LogP contribution in [0.1, 0.15) is 39.2 Å². The third-order valence-electron chi connectivity index (χ3n) is 5.83. The lowest BCUT2D eigenvalue weighted by molar-refractivity contribution is 0.437. The Kier molecular flexibility index (Phi) is 6.45. The Bertz CT molecular complexity index is 1560. The lowest BCUT2D eigenvalue weighted by atomic mass is 10.0. The van der Waals surface area contributed by atoms with E-state index in [2.05, 4.69) is 4.99 Å². The molecule has 0 saturated heterocycles. The lowest BCUT2D eigenvalue weighted by Crippen LogP contribution is -2.43. The highest BCUT2D eigenvalue weighted by molar-refractivity contribution is 7.90. The zero-order valence-electron chi connectivity index (χ0n) is 19.5. The van der Waals surface area contributed by atoms with Crippen molar-refractivity contribution in [2.75, 3.05) is 5.75 Å². The van der Waals surface area contributed by atoms with E-state index in [1.54, 1.807) is 69.2 Å². The van der Waals surface area contributed by atoms with Crippen molar-refractivity contribution in [3.63, 3.8) is 0 Å². The van der Waals surface area contributed by atoms with Crippen LogP contribution in [0.25, 0.3) is 17.2 Å². The van der Waals surface area contributed by atoms with Crippen molar-refractivity contribution in [1.82, 2.24) is 4.57 Å². The third-order valence-corrected chi connectivity index (χ3v) is 7.48. The van der Waals surface area contributed by atoms with Gasteiger partial charge in [0, 0.05) is 36.8 Å². The minimum atomic E-state index is -3.28. The van der Waals surface area contributed by atoms with Crippen LogP contribution in [0, 0.1) is 12.4 Å². The van der Waals surface area contributed by atoms with Crippen molar-refractivity contribution >= 4 is 15.9 Å². The van der Waals surface area contributed by atoms with Gasteiger partial charge in [-0.05, 0) is 41.3 Å². The summed E-state index contributed by atoms with van der Waals surface area (Å²) >= 11 is 0. The van der Waals surface area contributed by atoms with Crippen molar-refractivity contribution in [1.29, 1.82) is 0 Å². The Morgan fingerprint density at radius 2 is 1.91 bits per heavy atom. The van der Waals surface area contributed by atoms with Crippen molar-refractivity contribution in [2.45, 2.75) is 32.4 Å². The topological polar surface area (TPSA) is 77.7 Å². The second kappa shape index (κ2) is 9.18. The second-order valence-electron chi connectivity index (χ2n) is 8.59. The number of pyridine rings is 1. The van der Waals surface area contributed by atoms with E-state index < -0.39 is 15.7 Å². The molecule has 0 bridgehead atoms. The zero-order chi connectivity index (χ0) is 24.6. The van der Waals surface area contributed by atoms with Gasteiger partial charge in [0.2, 0.25) is 0 Å². The molecule has 6 nitrogen and oxygen atoms in total. The van der Waals surface area contributed by atoms with Gasteiger partial charge in [-0.3, -0.25) is 9.79 Å². The molecular weight excluding hydrogens is 455 g/mol. The maximum absolute atomic E-state index is 15.2. The Labute approximate surface area is 199 Å². The van der Waals surface area contributed by atoms with Crippen LogP contribution >= 0.6 is 0 Å². The maximum atomic E-state index is 15.2. The molecule has 34 heavy (non-hydrogen) atoms. The molecule has 4 rings (SSSR count). The molecule has 8 heteroatoms. The molecule has 1 aliphatic rings. The number of hydrogen-bond donors (Lipinski definition) is 0. The van der Waals surface area contributed by atoms with Crippen LogP contribution < -0.4 is 20.9 Å². The maximum Gasteiger partial charge on any atom is 0.276 e. The molecule has 0 saturated carbocycles. The van der Waals surface area contributed by atoms with Gasteiger partial charge in [0.25, 0.3) is 5.56 Å². The van der Waals surface area contributed by atoms with Gasteiger partial charge in [-0.25, -0.2) is 12.8 Å². The molecule has 0 aliphatic carbocycles. The van der Waals surface area contributed by atoms with Crippen LogP contribution in [0.2, 0.25) is 0 Å². The summed E-state index contributed by atoms with van der Waals surface area (Å²) in [5.41, 5.74) is 2.05. The van der Waals surface area contributed by atoms with Crippen LogP contribution in [0.4, 0.5) is 4.39 Å². The number of rotatable bonds is 7. The normalized spacial score (nSPS) is 12.9. The molecule has 3 aromatic rings. The Morgan fingerprint density at radius 3 is 2.62 bits per heavy atom. The van der Waals surface area contributed by atoms with E-state index in [0.29, 0.717) is 38.6 Å². The van der Waals surface area contributed by atoms with Gasteiger partial charge in [0.1, 0.15) is 11.1 Å². The minimum absolute atomic E-state index is 0. The molecule has 0 N–H and O–H groups in total. The lowest BCUT2D eigenvalue weighted by Gasteiger charge is -2.16. The average molecular weight is 484 g/mol. The van der Waals surface area contributed by atoms with Crippen LogP contribution in [-0.4, -0.2) is 18.7 Å². The summed E-state index contributed by atoms with van der Waals surface area (Å²) in [6.45, 7) is 6.96. The summed E-state index contributed by atoms with van der Waals surface area (Å²) in [7, 11) is -1.66. The fourth-order valence-electron chi connectivity index (χ4n) is 3.92. The first kappa shape index (κ1) is 23.9. The smallest absolute Gasteiger partial charge is 0.276 e. The van der Waals surface area contributed by atoms with E-state index in [1.807, 2.05) is 13.8 Å². The van der Waals surface area contributed by atoms with E-state index in [-0.39, 0.29) is 30.2 Å². The number of nitrogens with zero attached hydrogens (tertiary/aromatic N) is 2. The van der Waals surface area contributed by atoms with Gasteiger partial charge >= 0.3 is 0 Å². The van der Waals surface area contributed by atoms with Gasteiger partial charge < -0.3 is 9.30 Å². The van der Waals surface area contributed by atoms with Crippen molar-refractivity contribution in [3.05, 3.63) is 87.0 Å². The first-order valence-electron chi connectivity index (χ1n) is 11.0. The fourth-order valence-corrected chi connectivity index (χ4v) is 4.81. The molecular formula is C26H28FN2O4S. The molecule has 1 aromatic heterocycles. The number of sulfone groups is 1. The van der Waals surface area contributed by atoms with Crippen LogP contribution in [0.5, 0.6) is 11.5 Å².